The van der Waals surface area contributed by atoms with Crippen molar-refractivity contribution in [2.75, 3.05) is 0 Å². The Morgan fingerprint density at radius 3 is 2.59 bits per heavy atom. The number of furan rings is 1. The molecule has 1 saturated carbocycles. The maximum atomic E-state index is 12.9. The van der Waals surface area contributed by atoms with Crippen LogP contribution in [0.3, 0.4) is 0 Å². The molecular weight excluding hydrogens is 408 g/mol. The molecule has 0 bridgehead atoms. The predicted octanol–water partition coefficient (Wildman–Crippen LogP) is 6.03. The van der Waals surface area contributed by atoms with Crippen LogP contribution in [0.4, 0.5) is 0 Å². The number of allylic oxidation sites excluding steroid dienone is 2. The first-order chi connectivity index (χ1) is 12.5. The number of hydrogen-bond acceptors (Lipinski definition) is 4. The van der Waals surface area contributed by atoms with E-state index in [9.17, 15) is 9.59 Å². The van der Waals surface area contributed by atoms with Gasteiger partial charge in [-0.15, -0.1) is 0 Å². The lowest BCUT2D eigenvalue weighted by molar-refractivity contribution is -0.176. The van der Waals surface area contributed by atoms with Gasteiger partial charge in [0.25, 0.3) is 0 Å². The maximum absolute atomic E-state index is 12.9. The first-order valence-electron chi connectivity index (χ1n) is 9.66. The third-order valence-electron chi connectivity index (χ3n) is 5.89. The second-order valence-corrected chi connectivity index (χ2v) is 9.39. The van der Waals surface area contributed by atoms with E-state index in [0.717, 1.165) is 47.9 Å². The number of ether oxygens (including phenoxy) is 1. The fourth-order valence-electron chi connectivity index (χ4n) is 4.41. The van der Waals surface area contributed by atoms with E-state index in [2.05, 4.69) is 29.8 Å². The standard InChI is InChI=1S/C22H31BrO4/c1-15(8-6-9-17-12-20(23)26-14-17)18(25)13-19-21(3,4)10-7-11-22(19,5)27-16(2)24/h8,12,14,19H,6-7,9-11,13H2,1-5H3/t19?,22-/m0/s1. The minimum absolute atomic E-state index is 0.0170. The molecule has 4 nitrogen and oxygen atoms in total. The number of Topliss-reactive ketones (excluding diaryl/α,β-unsaturated/α-hetero) is 1. The van der Waals surface area contributed by atoms with Gasteiger partial charge in [-0.2, -0.15) is 0 Å². The van der Waals surface area contributed by atoms with Crippen molar-refractivity contribution in [1.29, 1.82) is 0 Å². The third kappa shape index (κ3) is 5.81. The Balaban J connectivity index is 2.05. The van der Waals surface area contributed by atoms with Crippen LogP contribution in [0.15, 0.2) is 33.1 Å². The summed E-state index contributed by atoms with van der Waals surface area (Å²) in [5.74, 6) is -0.115. The average molecular weight is 439 g/mol. The maximum Gasteiger partial charge on any atom is 0.303 e. The van der Waals surface area contributed by atoms with Crippen molar-refractivity contribution in [3.63, 3.8) is 0 Å². The zero-order chi connectivity index (χ0) is 20.2. The van der Waals surface area contributed by atoms with E-state index in [1.807, 2.05) is 26.0 Å². The van der Waals surface area contributed by atoms with Crippen LogP contribution in [0.25, 0.3) is 0 Å². The molecule has 1 heterocycles. The van der Waals surface area contributed by atoms with Crippen LogP contribution in [0.2, 0.25) is 0 Å². The van der Waals surface area contributed by atoms with Gasteiger partial charge in [-0.1, -0.05) is 19.9 Å². The van der Waals surface area contributed by atoms with Crippen molar-refractivity contribution >= 4 is 27.7 Å². The zero-order valence-corrected chi connectivity index (χ0v) is 18.6. The van der Waals surface area contributed by atoms with Gasteiger partial charge >= 0.3 is 5.97 Å². The van der Waals surface area contributed by atoms with Gasteiger partial charge in [-0.3, -0.25) is 9.59 Å². The lowest BCUT2D eigenvalue weighted by Crippen LogP contribution is -2.50. The number of halogens is 1. The van der Waals surface area contributed by atoms with E-state index in [0.29, 0.717) is 6.42 Å². The van der Waals surface area contributed by atoms with Crippen molar-refractivity contribution in [3.8, 4) is 0 Å². The molecular formula is C22H31BrO4. The lowest BCUT2D eigenvalue weighted by Gasteiger charge is -2.49. The molecule has 0 amide bonds. The molecule has 0 saturated heterocycles. The van der Waals surface area contributed by atoms with E-state index >= 15 is 0 Å². The molecule has 0 aliphatic heterocycles. The predicted molar refractivity (Wildman–Crippen MR) is 109 cm³/mol. The van der Waals surface area contributed by atoms with Crippen molar-refractivity contribution in [2.45, 2.75) is 78.7 Å². The number of rotatable bonds is 7. The fourth-order valence-corrected chi connectivity index (χ4v) is 4.79. The molecule has 1 aromatic heterocycles. The molecule has 5 heteroatoms. The normalized spacial score (nSPS) is 25.3. The number of ketones is 1. The minimum atomic E-state index is -0.577. The summed E-state index contributed by atoms with van der Waals surface area (Å²) in [5, 5.41) is 0. The molecule has 1 aliphatic carbocycles. The number of carbonyl (C=O) groups is 2. The summed E-state index contributed by atoms with van der Waals surface area (Å²) >= 11 is 3.30. The van der Waals surface area contributed by atoms with Gasteiger partial charge in [0.15, 0.2) is 10.5 Å². The smallest absolute Gasteiger partial charge is 0.303 e. The van der Waals surface area contributed by atoms with E-state index in [1.54, 1.807) is 6.26 Å². The molecule has 27 heavy (non-hydrogen) atoms. The molecule has 150 valence electrons. The summed E-state index contributed by atoms with van der Waals surface area (Å²) in [5.41, 5.74) is 1.27. The van der Waals surface area contributed by atoms with Crippen LogP contribution in [-0.2, 0) is 20.7 Å². The summed E-state index contributed by atoms with van der Waals surface area (Å²) < 4.78 is 11.7. The Labute approximate surface area is 170 Å². The highest BCUT2D eigenvalue weighted by Gasteiger charge is 2.49. The Kier molecular flexibility index (Phi) is 7.12. The molecule has 0 radical (unpaired) electrons. The second kappa shape index (κ2) is 8.76. The largest absolute Gasteiger partial charge is 0.459 e. The van der Waals surface area contributed by atoms with Gasteiger partial charge in [0.2, 0.25) is 0 Å². The van der Waals surface area contributed by atoms with Gasteiger partial charge in [0.1, 0.15) is 5.60 Å². The number of aryl methyl sites for hydroxylation is 1. The summed E-state index contributed by atoms with van der Waals surface area (Å²) in [7, 11) is 0. The third-order valence-corrected chi connectivity index (χ3v) is 6.30. The summed E-state index contributed by atoms with van der Waals surface area (Å²) in [6.07, 6.45) is 8.63. The Hall–Kier alpha value is -1.36. The highest BCUT2D eigenvalue weighted by molar-refractivity contribution is 9.10. The SMILES string of the molecule is CC(=O)O[C@@]1(C)CCCC(C)(C)C1CC(=O)C(C)=CCCc1coc(Br)c1. The van der Waals surface area contributed by atoms with Crippen LogP contribution in [0.1, 0.15) is 72.3 Å². The van der Waals surface area contributed by atoms with Gasteiger partial charge in [0.05, 0.1) is 6.26 Å². The number of hydrogen-bond donors (Lipinski definition) is 0. The molecule has 0 N–H and O–H groups in total. The lowest BCUT2D eigenvalue weighted by atomic mass is 9.60. The highest BCUT2D eigenvalue weighted by Crippen LogP contribution is 2.50. The molecule has 2 rings (SSSR count). The van der Waals surface area contributed by atoms with E-state index < -0.39 is 5.60 Å². The summed E-state index contributed by atoms with van der Waals surface area (Å²) in [4.78, 5) is 24.5. The van der Waals surface area contributed by atoms with Crippen molar-refractivity contribution in [2.24, 2.45) is 11.3 Å². The number of carbonyl (C=O) groups excluding carboxylic acids is 2. The van der Waals surface area contributed by atoms with Crippen LogP contribution < -0.4 is 0 Å². The summed E-state index contributed by atoms with van der Waals surface area (Å²) in [6.45, 7) is 9.68. The zero-order valence-electron chi connectivity index (χ0n) is 17.1. The quantitative estimate of drug-likeness (QED) is 0.385. The Morgan fingerprint density at radius 1 is 1.30 bits per heavy atom. The van der Waals surface area contributed by atoms with Gasteiger partial charge < -0.3 is 9.15 Å². The molecule has 0 spiro atoms. The first kappa shape index (κ1) is 21.9. The van der Waals surface area contributed by atoms with Gasteiger partial charge in [-0.05, 0) is 84.5 Å². The minimum Gasteiger partial charge on any atom is -0.459 e. The summed E-state index contributed by atoms with van der Waals surface area (Å²) in [6, 6.07) is 1.94. The molecule has 1 aromatic rings. The fraction of sp³-hybridized carbons (Fsp3) is 0.636. The highest BCUT2D eigenvalue weighted by atomic mass is 79.9. The van der Waals surface area contributed by atoms with Crippen LogP contribution in [-0.4, -0.2) is 17.4 Å². The first-order valence-corrected chi connectivity index (χ1v) is 10.5. The van der Waals surface area contributed by atoms with E-state index in [4.69, 9.17) is 9.15 Å². The molecule has 1 aliphatic rings. The molecule has 2 atom stereocenters. The van der Waals surface area contributed by atoms with Gasteiger partial charge in [0, 0.05) is 19.3 Å². The van der Waals surface area contributed by atoms with Crippen molar-refractivity contribution < 1.29 is 18.7 Å². The van der Waals surface area contributed by atoms with Crippen molar-refractivity contribution in [1.82, 2.24) is 0 Å². The van der Waals surface area contributed by atoms with Crippen LogP contribution >= 0.6 is 15.9 Å². The second-order valence-electron chi connectivity index (χ2n) is 8.61. The number of esters is 1. The average Bonchev–Trinajstić information content (AvgIpc) is 2.95. The Morgan fingerprint density at radius 2 is 2.00 bits per heavy atom. The Bertz CT molecular complexity index is 716. The van der Waals surface area contributed by atoms with Crippen LogP contribution in [0.5, 0.6) is 0 Å². The molecule has 0 aromatic carbocycles. The topological polar surface area (TPSA) is 56.5 Å². The van der Waals surface area contributed by atoms with E-state index in [1.165, 1.54) is 6.92 Å². The van der Waals surface area contributed by atoms with E-state index in [-0.39, 0.29) is 23.1 Å². The molecule has 1 unspecified atom stereocenters. The van der Waals surface area contributed by atoms with Crippen LogP contribution in [0, 0.1) is 11.3 Å². The molecule has 1 fully saturated rings. The monoisotopic (exact) mass is 438 g/mol. The van der Waals surface area contributed by atoms with Gasteiger partial charge in [-0.25, -0.2) is 0 Å². The van der Waals surface area contributed by atoms with Crippen molar-refractivity contribution in [3.05, 3.63) is 34.2 Å².